The van der Waals surface area contributed by atoms with E-state index in [9.17, 15) is 9.18 Å². The predicted molar refractivity (Wildman–Crippen MR) is 74.7 cm³/mol. The minimum absolute atomic E-state index is 0.0823. The third kappa shape index (κ3) is 4.08. The van der Waals surface area contributed by atoms with E-state index in [0.29, 0.717) is 18.8 Å². The molecule has 0 saturated carbocycles. The van der Waals surface area contributed by atoms with Crippen molar-refractivity contribution in [2.75, 3.05) is 0 Å². The number of benzene rings is 1. The molecule has 6 nitrogen and oxygen atoms in total. The van der Waals surface area contributed by atoms with E-state index in [1.807, 2.05) is 6.92 Å². The molecule has 0 radical (unpaired) electrons. The lowest BCUT2D eigenvalue weighted by atomic mass is 10.0. The fourth-order valence-corrected chi connectivity index (χ4v) is 2.05. The van der Waals surface area contributed by atoms with Crippen molar-refractivity contribution in [2.45, 2.75) is 39.3 Å². The van der Waals surface area contributed by atoms with Gasteiger partial charge in [0.05, 0.1) is 12.6 Å². The summed E-state index contributed by atoms with van der Waals surface area (Å²) in [7, 11) is 0. The summed E-state index contributed by atoms with van der Waals surface area (Å²) in [5.74, 6) is 0.309. The van der Waals surface area contributed by atoms with Crippen molar-refractivity contribution in [3.05, 3.63) is 41.5 Å². The molecule has 7 heteroatoms. The largest absolute Gasteiger partial charge is 0.349 e. The Kier molecular flexibility index (Phi) is 4.97. The van der Waals surface area contributed by atoms with E-state index < -0.39 is 0 Å². The van der Waals surface area contributed by atoms with Gasteiger partial charge in [-0.3, -0.25) is 4.79 Å². The number of aromatic nitrogens is 4. The predicted octanol–water partition coefficient (Wildman–Crippen LogP) is 1.78. The second kappa shape index (κ2) is 6.92. The van der Waals surface area contributed by atoms with Crippen LogP contribution in [0.4, 0.5) is 4.39 Å². The first-order chi connectivity index (χ1) is 10.1. The van der Waals surface area contributed by atoms with Crippen LogP contribution in [-0.4, -0.2) is 26.1 Å². The van der Waals surface area contributed by atoms with Gasteiger partial charge in [-0.1, -0.05) is 19.1 Å². The lowest BCUT2D eigenvalue weighted by Gasteiger charge is -2.17. The Bertz CT molecular complexity index is 596. The van der Waals surface area contributed by atoms with Gasteiger partial charge in [0.25, 0.3) is 0 Å². The highest BCUT2D eigenvalue weighted by atomic mass is 19.1. The van der Waals surface area contributed by atoms with Crippen molar-refractivity contribution < 1.29 is 9.18 Å². The number of amides is 1. The summed E-state index contributed by atoms with van der Waals surface area (Å²) in [6, 6.07) is 6.06. The van der Waals surface area contributed by atoms with Crippen molar-refractivity contribution in [3.63, 3.8) is 0 Å². The van der Waals surface area contributed by atoms with Crippen LogP contribution in [0.2, 0.25) is 0 Å². The minimum Gasteiger partial charge on any atom is -0.349 e. The second-order valence-electron chi connectivity index (χ2n) is 4.78. The van der Waals surface area contributed by atoms with Gasteiger partial charge in [0.1, 0.15) is 11.6 Å². The smallest absolute Gasteiger partial charge is 0.222 e. The molecule has 1 amide bonds. The molecule has 0 bridgehead atoms. The van der Waals surface area contributed by atoms with Gasteiger partial charge in [0.15, 0.2) is 0 Å². The van der Waals surface area contributed by atoms with Crippen molar-refractivity contribution >= 4 is 5.91 Å². The third-order valence-corrected chi connectivity index (χ3v) is 3.28. The van der Waals surface area contributed by atoms with Crippen molar-refractivity contribution in [2.24, 2.45) is 0 Å². The van der Waals surface area contributed by atoms with E-state index in [1.165, 1.54) is 12.1 Å². The Morgan fingerprint density at radius 3 is 2.67 bits per heavy atom. The van der Waals surface area contributed by atoms with Crippen LogP contribution in [0.3, 0.4) is 0 Å². The topological polar surface area (TPSA) is 72.7 Å². The zero-order valence-corrected chi connectivity index (χ0v) is 12.1. The molecule has 1 heterocycles. The van der Waals surface area contributed by atoms with Crippen LogP contribution in [0.1, 0.15) is 37.2 Å². The lowest BCUT2D eigenvalue weighted by molar-refractivity contribution is -0.122. The van der Waals surface area contributed by atoms with Crippen LogP contribution in [0, 0.1) is 12.7 Å². The highest BCUT2D eigenvalue weighted by molar-refractivity contribution is 5.76. The Balaban J connectivity index is 1.90. The normalized spacial score (nSPS) is 12.1. The summed E-state index contributed by atoms with van der Waals surface area (Å²) < 4.78 is 14.5. The maximum Gasteiger partial charge on any atom is 0.222 e. The van der Waals surface area contributed by atoms with Crippen LogP contribution in [0.15, 0.2) is 24.3 Å². The first-order valence-corrected chi connectivity index (χ1v) is 6.87. The van der Waals surface area contributed by atoms with Crippen LogP contribution in [-0.2, 0) is 11.3 Å². The van der Waals surface area contributed by atoms with E-state index in [2.05, 4.69) is 20.8 Å². The number of rotatable bonds is 6. The quantitative estimate of drug-likeness (QED) is 0.880. The van der Waals surface area contributed by atoms with Crippen molar-refractivity contribution in [1.82, 2.24) is 25.5 Å². The molecule has 2 rings (SSSR count). The van der Waals surface area contributed by atoms with E-state index in [4.69, 9.17) is 0 Å². The molecule has 21 heavy (non-hydrogen) atoms. The average Bonchev–Trinajstić information content (AvgIpc) is 2.89. The zero-order chi connectivity index (χ0) is 15.2. The lowest BCUT2D eigenvalue weighted by Crippen LogP contribution is -2.29. The molecule has 0 spiro atoms. The summed E-state index contributed by atoms with van der Waals surface area (Å²) in [5, 5.41) is 14.0. The number of carbonyl (C=O) groups excluding carboxylic acids is 1. The Hall–Kier alpha value is -2.31. The second-order valence-corrected chi connectivity index (χ2v) is 4.78. The van der Waals surface area contributed by atoms with Crippen molar-refractivity contribution in [3.8, 4) is 0 Å². The fraction of sp³-hybridized carbons (Fsp3) is 0.429. The van der Waals surface area contributed by atoms with Crippen LogP contribution in [0.25, 0.3) is 0 Å². The number of hydrogen-bond acceptors (Lipinski definition) is 4. The zero-order valence-electron chi connectivity index (χ0n) is 12.1. The van der Waals surface area contributed by atoms with Gasteiger partial charge < -0.3 is 5.32 Å². The standard InChI is InChI=1S/C14H18FN5O/c1-3-13(11-4-6-12(15)7-5-11)16-14(21)8-9-20-10(2)17-18-19-20/h4-7,13H,3,8-9H2,1-2H3,(H,16,21)/t13-/m1/s1. The number of nitrogens with one attached hydrogen (secondary N) is 1. The summed E-state index contributed by atoms with van der Waals surface area (Å²) in [4.78, 5) is 12.0. The van der Waals surface area contributed by atoms with Gasteiger partial charge in [0, 0.05) is 6.42 Å². The fourth-order valence-electron chi connectivity index (χ4n) is 2.05. The first-order valence-electron chi connectivity index (χ1n) is 6.87. The molecule has 0 unspecified atom stereocenters. The molecule has 0 aliphatic carbocycles. The molecule has 0 fully saturated rings. The van der Waals surface area contributed by atoms with E-state index in [1.54, 1.807) is 23.7 Å². The van der Waals surface area contributed by atoms with E-state index in [-0.39, 0.29) is 17.8 Å². The third-order valence-electron chi connectivity index (χ3n) is 3.28. The van der Waals surface area contributed by atoms with Crippen LogP contribution < -0.4 is 5.32 Å². The Labute approximate surface area is 122 Å². The van der Waals surface area contributed by atoms with Gasteiger partial charge in [-0.25, -0.2) is 9.07 Å². The monoisotopic (exact) mass is 291 g/mol. The summed E-state index contributed by atoms with van der Waals surface area (Å²) in [5.41, 5.74) is 0.894. The van der Waals surface area contributed by atoms with E-state index in [0.717, 1.165) is 12.0 Å². The first kappa shape index (κ1) is 15.1. The molecular weight excluding hydrogens is 273 g/mol. The van der Waals surface area contributed by atoms with E-state index >= 15 is 0 Å². The molecule has 1 aromatic carbocycles. The van der Waals surface area contributed by atoms with Gasteiger partial charge in [-0.05, 0) is 41.5 Å². The number of nitrogens with zero attached hydrogens (tertiary/aromatic N) is 4. The summed E-state index contributed by atoms with van der Waals surface area (Å²) >= 11 is 0. The highest BCUT2D eigenvalue weighted by Gasteiger charge is 2.13. The van der Waals surface area contributed by atoms with Gasteiger partial charge in [-0.2, -0.15) is 0 Å². The molecular formula is C14H18FN5O. The molecule has 0 saturated heterocycles. The maximum absolute atomic E-state index is 12.9. The number of tetrazole rings is 1. The van der Waals surface area contributed by atoms with Gasteiger partial charge in [-0.15, -0.1) is 5.10 Å². The average molecular weight is 291 g/mol. The molecule has 0 aliphatic heterocycles. The molecule has 1 N–H and O–H groups in total. The SMILES string of the molecule is CC[C@@H](NC(=O)CCn1nnnc1C)c1ccc(F)cc1. The summed E-state index contributed by atoms with van der Waals surface area (Å²) in [6.45, 7) is 4.19. The molecule has 1 aromatic heterocycles. The van der Waals surface area contributed by atoms with Gasteiger partial charge in [0.2, 0.25) is 5.91 Å². The van der Waals surface area contributed by atoms with Crippen LogP contribution in [0.5, 0.6) is 0 Å². The number of aryl methyl sites for hydroxylation is 2. The minimum atomic E-state index is -0.283. The van der Waals surface area contributed by atoms with Crippen molar-refractivity contribution in [1.29, 1.82) is 0 Å². The Morgan fingerprint density at radius 1 is 1.38 bits per heavy atom. The number of carbonyl (C=O) groups is 1. The molecule has 0 aliphatic rings. The maximum atomic E-state index is 12.9. The number of hydrogen-bond donors (Lipinski definition) is 1. The molecule has 2 aromatic rings. The Morgan fingerprint density at radius 2 is 2.10 bits per heavy atom. The summed E-state index contributed by atoms with van der Waals surface area (Å²) in [6.07, 6.45) is 1.03. The molecule has 112 valence electrons. The van der Waals surface area contributed by atoms with Crippen LogP contribution >= 0.6 is 0 Å². The molecule has 1 atom stereocenters. The van der Waals surface area contributed by atoms with Gasteiger partial charge >= 0.3 is 0 Å². The highest BCUT2D eigenvalue weighted by Crippen LogP contribution is 2.17. The number of halogens is 1.